The maximum atomic E-state index is 5.82. The van der Waals surface area contributed by atoms with Gasteiger partial charge >= 0.3 is 0 Å². The fraction of sp³-hybridized carbons (Fsp3) is 0.818. The molecule has 16 heavy (non-hydrogen) atoms. The van der Waals surface area contributed by atoms with Gasteiger partial charge < -0.3 is 10.5 Å². The van der Waals surface area contributed by atoms with Crippen LogP contribution in [0.1, 0.15) is 43.3 Å². The van der Waals surface area contributed by atoms with Gasteiger partial charge in [0.15, 0.2) is 5.82 Å². The molecule has 0 radical (unpaired) electrons. The summed E-state index contributed by atoms with van der Waals surface area (Å²) in [6.45, 7) is 0.702. The highest BCUT2D eigenvalue weighted by Gasteiger charge is 2.43. The lowest BCUT2D eigenvalue weighted by Crippen LogP contribution is -2.15. The molecule has 3 unspecified atom stereocenters. The van der Waals surface area contributed by atoms with E-state index in [4.69, 9.17) is 10.5 Å². The molecule has 1 aromatic heterocycles. The van der Waals surface area contributed by atoms with Crippen LogP contribution in [-0.2, 0) is 11.2 Å². The maximum Gasteiger partial charge on any atom is 0.156 e. The standard InChI is InChI=1S/C11H18N4O/c12-5-1-2-10-13-11(15-14-10)8-6-7-3-4-9(8)16-7/h7-9H,1-6,12H2,(H,13,14,15). The fourth-order valence-electron chi connectivity index (χ4n) is 2.77. The van der Waals surface area contributed by atoms with Crippen LogP contribution in [0.15, 0.2) is 0 Å². The number of aromatic amines is 1. The van der Waals surface area contributed by atoms with Gasteiger partial charge in [0.2, 0.25) is 0 Å². The lowest BCUT2D eigenvalue weighted by molar-refractivity contribution is 0.0999. The summed E-state index contributed by atoms with van der Waals surface area (Å²) in [6, 6.07) is 0. The average Bonchev–Trinajstić information content (AvgIpc) is 3.01. The first-order valence-corrected chi connectivity index (χ1v) is 6.13. The van der Waals surface area contributed by atoms with Crippen LogP contribution in [0.3, 0.4) is 0 Å². The second kappa shape index (κ2) is 4.14. The Morgan fingerprint density at radius 2 is 2.38 bits per heavy atom. The summed E-state index contributed by atoms with van der Waals surface area (Å²) in [7, 11) is 0. The van der Waals surface area contributed by atoms with E-state index in [1.807, 2.05) is 0 Å². The Bertz CT molecular complexity index is 365. The van der Waals surface area contributed by atoms with E-state index >= 15 is 0 Å². The van der Waals surface area contributed by atoms with Crippen molar-refractivity contribution in [3.05, 3.63) is 11.6 Å². The molecule has 2 saturated heterocycles. The van der Waals surface area contributed by atoms with Crippen molar-refractivity contribution < 1.29 is 4.74 Å². The van der Waals surface area contributed by atoms with Crippen molar-refractivity contribution in [3.63, 3.8) is 0 Å². The fourth-order valence-corrected chi connectivity index (χ4v) is 2.77. The van der Waals surface area contributed by atoms with Crippen molar-refractivity contribution in [2.45, 2.75) is 50.2 Å². The van der Waals surface area contributed by atoms with Crippen LogP contribution >= 0.6 is 0 Å². The van der Waals surface area contributed by atoms with Crippen LogP contribution in [0.2, 0.25) is 0 Å². The van der Waals surface area contributed by atoms with Crippen molar-refractivity contribution in [2.24, 2.45) is 5.73 Å². The van der Waals surface area contributed by atoms with Gasteiger partial charge in [-0.1, -0.05) is 0 Å². The minimum absolute atomic E-state index is 0.364. The van der Waals surface area contributed by atoms with E-state index in [9.17, 15) is 0 Å². The molecule has 2 bridgehead atoms. The number of nitrogens with one attached hydrogen (secondary N) is 1. The zero-order valence-corrected chi connectivity index (χ0v) is 9.35. The van der Waals surface area contributed by atoms with Gasteiger partial charge in [-0.05, 0) is 32.2 Å². The first-order valence-electron chi connectivity index (χ1n) is 6.13. The number of ether oxygens (including phenoxy) is 1. The Kier molecular flexibility index (Phi) is 2.65. The molecule has 88 valence electrons. The van der Waals surface area contributed by atoms with Crippen molar-refractivity contribution in [1.29, 1.82) is 0 Å². The molecule has 3 heterocycles. The predicted molar refractivity (Wildman–Crippen MR) is 59.0 cm³/mol. The quantitative estimate of drug-likeness (QED) is 0.787. The first kappa shape index (κ1) is 10.2. The number of nitrogens with two attached hydrogens (primary N) is 1. The number of fused-ring (bicyclic) bond motifs is 2. The second-order valence-corrected chi connectivity index (χ2v) is 4.75. The molecule has 2 aliphatic rings. The topological polar surface area (TPSA) is 76.8 Å². The van der Waals surface area contributed by atoms with E-state index in [1.54, 1.807) is 0 Å². The van der Waals surface area contributed by atoms with E-state index in [1.165, 1.54) is 12.8 Å². The second-order valence-electron chi connectivity index (χ2n) is 4.75. The Morgan fingerprint density at radius 1 is 1.44 bits per heavy atom. The highest BCUT2D eigenvalue weighted by molar-refractivity contribution is 5.07. The van der Waals surface area contributed by atoms with E-state index < -0.39 is 0 Å². The van der Waals surface area contributed by atoms with E-state index in [-0.39, 0.29) is 0 Å². The van der Waals surface area contributed by atoms with Gasteiger partial charge in [0.05, 0.1) is 12.2 Å². The number of rotatable bonds is 4. The van der Waals surface area contributed by atoms with E-state index in [2.05, 4.69) is 15.2 Å². The molecule has 5 heteroatoms. The number of aromatic nitrogens is 3. The van der Waals surface area contributed by atoms with Gasteiger partial charge in [0.25, 0.3) is 0 Å². The Labute approximate surface area is 94.8 Å². The minimum Gasteiger partial charge on any atom is -0.374 e. The molecule has 2 aliphatic heterocycles. The molecule has 2 fully saturated rings. The molecular weight excluding hydrogens is 204 g/mol. The summed E-state index contributed by atoms with van der Waals surface area (Å²) >= 11 is 0. The minimum atomic E-state index is 0.364. The van der Waals surface area contributed by atoms with Crippen molar-refractivity contribution >= 4 is 0 Å². The summed E-state index contributed by atoms with van der Waals surface area (Å²) in [6.07, 6.45) is 6.16. The Balaban J connectivity index is 1.68. The number of aryl methyl sites for hydroxylation is 1. The molecular formula is C11H18N4O. The molecule has 3 N–H and O–H groups in total. The lowest BCUT2D eigenvalue weighted by atomic mass is 9.89. The molecule has 3 rings (SSSR count). The summed E-state index contributed by atoms with van der Waals surface area (Å²) < 4.78 is 5.82. The molecule has 5 nitrogen and oxygen atoms in total. The largest absolute Gasteiger partial charge is 0.374 e. The van der Waals surface area contributed by atoms with Gasteiger partial charge in [0.1, 0.15) is 5.82 Å². The van der Waals surface area contributed by atoms with Crippen LogP contribution in [0.5, 0.6) is 0 Å². The van der Waals surface area contributed by atoms with E-state index in [0.29, 0.717) is 24.7 Å². The smallest absolute Gasteiger partial charge is 0.156 e. The summed E-state index contributed by atoms with van der Waals surface area (Å²) in [5.74, 6) is 2.32. The zero-order valence-electron chi connectivity index (χ0n) is 9.35. The normalized spacial score (nSPS) is 32.4. The third kappa shape index (κ3) is 1.74. The lowest BCUT2D eigenvalue weighted by Gasteiger charge is -2.14. The van der Waals surface area contributed by atoms with Crippen LogP contribution in [0.4, 0.5) is 0 Å². The molecule has 0 aliphatic carbocycles. The maximum absolute atomic E-state index is 5.82. The van der Waals surface area contributed by atoms with Crippen molar-refractivity contribution in [1.82, 2.24) is 15.2 Å². The molecule has 0 aromatic carbocycles. The number of hydrogen-bond acceptors (Lipinski definition) is 4. The highest BCUT2D eigenvalue weighted by atomic mass is 16.5. The number of nitrogens with zero attached hydrogens (tertiary/aromatic N) is 2. The van der Waals surface area contributed by atoms with Crippen LogP contribution in [-0.4, -0.2) is 33.9 Å². The van der Waals surface area contributed by atoms with Crippen molar-refractivity contribution in [2.75, 3.05) is 6.54 Å². The monoisotopic (exact) mass is 222 g/mol. The average molecular weight is 222 g/mol. The molecule has 0 amide bonds. The summed E-state index contributed by atoms with van der Waals surface area (Å²) in [5.41, 5.74) is 5.47. The number of hydrogen-bond donors (Lipinski definition) is 2. The van der Waals surface area contributed by atoms with Gasteiger partial charge in [-0.3, -0.25) is 5.10 Å². The van der Waals surface area contributed by atoms with Crippen LogP contribution in [0, 0.1) is 0 Å². The summed E-state index contributed by atoms with van der Waals surface area (Å²) in [4.78, 5) is 4.55. The van der Waals surface area contributed by atoms with Gasteiger partial charge in [0, 0.05) is 12.3 Å². The highest BCUT2D eigenvalue weighted by Crippen LogP contribution is 2.43. The van der Waals surface area contributed by atoms with Gasteiger partial charge in [-0.15, -0.1) is 0 Å². The predicted octanol–water partition coefficient (Wildman–Crippen LogP) is 0.731. The molecule has 0 spiro atoms. The Morgan fingerprint density at radius 3 is 3.06 bits per heavy atom. The van der Waals surface area contributed by atoms with Crippen LogP contribution < -0.4 is 5.73 Å². The number of H-pyrrole nitrogens is 1. The van der Waals surface area contributed by atoms with Gasteiger partial charge in [-0.25, -0.2) is 4.98 Å². The third-order valence-electron chi connectivity index (χ3n) is 3.60. The van der Waals surface area contributed by atoms with E-state index in [0.717, 1.165) is 30.9 Å². The zero-order chi connectivity index (χ0) is 11.0. The molecule has 0 saturated carbocycles. The summed E-state index contributed by atoms with van der Waals surface area (Å²) in [5, 5.41) is 7.32. The molecule has 1 aromatic rings. The third-order valence-corrected chi connectivity index (χ3v) is 3.60. The Hall–Kier alpha value is -0.940. The van der Waals surface area contributed by atoms with Crippen molar-refractivity contribution in [3.8, 4) is 0 Å². The van der Waals surface area contributed by atoms with Gasteiger partial charge in [-0.2, -0.15) is 5.10 Å². The van der Waals surface area contributed by atoms with Crippen LogP contribution in [0.25, 0.3) is 0 Å². The SMILES string of the molecule is NCCCc1nc(C2CC3CCC2O3)n[nH]1. The molecule has 3 atom stereocenters. The first-order chi connectivity index (χ1) is 7.86.